The van der Waals surface area contributed by atoms with E-state index < -0.39 is 0 Å². The minimum atomic E-state index is 0.230. The molecule has 2 rings (SSSR count). The molecule has 1 aromatic carbocycles. The van der Waals surface area contributed by atoms with E-state index in [1.807, 2.05) is 17.0 Å². The monoisotopic (exact) mass is 260 g/mol. The molecule has 0 fully saturated rings. The molecular formula is C16H24N2O. The van der Waals surface area contributed by atoms with Gasteiger partial charge in [0.25, 0.3) is 0 Å². The molecule has 1 unspecified atom stereocenters. The van der Waals surface area contributed by atoms with Crippen molar-refractivity contribution in [3.63, 3.8) is 0 Å². The molecule has 3 nitrogen and oxygen atoms in total. The number of carbonyl (C=O) groups excluding carboxylic acids is 1. The summed E-state index contributed by atoms with van der Waals surface area (Å²) in [6.07, 6.45) is 1.55. The van der Waals surface area contributed by atoms with Gasteiger partial charge in [-0.3, -0.25) is 4.79 Å². The molecule has 0 saturated heterocycles. The summed E-state index contributed by atoms with van der Waals surface area (Å²) in [7, 11) is 0. The van der Waals surface area contributed by atoms with Crippen LogP contribution in [0.25, 0.3) is 0 Å². The zero-order chi connectivity index (χ0) is 13.8. The number of nitrogens with one attached hydrogen (secondary N) is 1. The van der Waals surface area contributed by atoms with Crippen LogP contribution in [0.15, 0.2) is 24.3 Å². The van der Waals surface area contributed by atoms with Crippen LogP contribution < -0.4 is 10.2 Å². The second kappa shape index (κ2) is 6.20. The Hall–Kier alpha value is -1.35. The van der Waals surface area contributed by atoms with Crippen LogP contribution in [0.1, 0.15) is 32.8 Å². The molecule has 0 spiro atoms. The quantitative estimate of drug-likeness (QED) is 0.825. The number of amides is 1. The molecule has 0 bridgehead atoms. The highest BCUT2D eigenvalue weighted by Crippen LogP contribution is 2.32. The standard InChI is InChI=1S/C16H24N2O/c1-12(2)11-17-9-8-16(19)18-13(3)10-14-6-4-5-7-15(14)18/h4-7,12-13,17H,8-11H2,1-3H3. The first-order valence-corrected chi connectivity index (χ1v) is 7.20. The van der Waals surface area contributed by atoms with Crippen LogP contribution in [0.5, 0.6) is 0 Å². The van der Waals surface area contributed by atoms with Gasteiger partial charge < -0.3 is 10.2 Å². The summed E-state index contributed by atoms with van der Waals surface area (Å²) in [5, 5.41) is 3.33. The smallest absolute Gasteiger partial charge is 0.228 e. The summed E-state index contributed by atoms with van der Waals surface area (Å²) in [5.41, 5.74) is 2.39. The van der Waals surface area contributed by atoms with E-state index in [1.54, 1.807) is 0 Å². The molecular weight excluding hydrogens is 236 g/mol. The highest BCUT2D eigenvalue weighted by atomic mass is 16.2. The van der Waals surface area contributed by atoms with Crippen molar-refractivity contribution in [2.75, 3.05) is 18.0 Å². The Morgan fingerprint density at radius 1 is 1.42 bits per heavy atom. The number of benzene rings is 1. The van der Waals surface area contributed by atoms with Gasteiger partial charge in [-0.15, -0.1) is 0 Å². The number of anilines is 1. The first-order valence-electron chi connectivity index (χ1n) is 7.20. The third-order valence-corrected chi connectivity index (χ3v) is 3.54. The average molecular weight is 260 g/mol. The molecule has 1 amide bonds. The van der Waals surface area contributed by atoms with Crippen LogP contribution in [0, 0.1) is 5.92 Å². The zero-order valence-electron chi connectivity index (χ0n) is 12.1. The van der Waals surface area contributed by atoms with E-state index in [0.29, 0.717) is 12.3 Å². The van der Waals surface area contributed by atoms with Gasteiger partial charge in [0, 0.05) is 24.7 Å². The molecule has 1 aliphatic rings. The molecule has 19 heavy (non-hydrogen) atoms. The van der Waals surface area contributed by atoms with Crippen LogP contribution in [0.2, 0.25) is 0 Å². The van der Waals surface area contributed by atoms with Crippen LogP contribution in [0.3, 0.4) is 0 Å². The van der Waals surface area contributed by atoms with Gasteiger partial charge in [0.05, 0.1) is 0 Å². The SMILES string of the molecule is CC(C)CNCCC(=O)N1c2ccccc2CC1C. The molecule has 1 N–H and O–H groups in total. The van der Waals surface area contributed by atoms with Gasteiger partial charge >= 0.3 is 0 Å². The van der Waals surface area contributed by atoms with Crippen molar-refractivity contribution in [2.45, 2.75) is 39.7 Å². The Kier molecular flexibility index (Phi) is 4.59. The first-order chi connectivity index (χ1) is 9.09. The van der Waals surface area contributed by atoms with Gasteiger partial charge in [0.1, 0.15) is 0 Å². The highest BCUT2D eigenvalue weighted by molar-refractivity contribution is 5.96. The molecule has 1 atom stereocenters. The van der Waals surface area contributed by atoms with E-state index in [-0.39, 0.29) is 11.9 Å². The normalized spacial score (nSPS) is 17.9. The largest absolute Gasteiger partial charge is 0.316 e. The van der Waals surface area contributed by atoms with Crippen molar-refractivity contribution in [2.24, 2.45) is 5.92 Å². The summed E-state index contributed by atoms with van der Waals surface area (Å²) in [6.45, 7) is 8.21. The Morgan fingerprint density at radius 2 is 2.16 bits per heavy atom. The molecule has 0 aliphatic carbocycles. The predicted octanol–water partition coefficient (Wildman–Crippen LogP) is 2.60. The fourth-order valence-corrected chi connectivity index (χ4v) is 2.65. The predicted molar refractivity (Wildman–Crippen MR) is 79.4 cm³/mol. The molecule has 104 valence electrons. The lowest BCUT2D eigenvalue weighted by atomic mass is 10.1. The van der Waals surface area contributed by atoms with Crippen molar-refractivity contribution in [3.05, 3.63) is 29.8 Å². The Labute approximate surface area is 116 Å². The van der Waals surface area contributed by atoms with Gasteiger partial charge in [0.15, 0.2) is 0 Å². The summed E-state index contributed by atoms with van der Waals surface area (Å²) in [5.74, 6) is 0.857. The minimum Gasteiger partial charge on any atom is -0.316 e. The third kappa shape index (κ3) is 3.35. The highest BCUT2D eigenvalue weighted by Gasteiger charge is 2.29. The van der Waals surface area contributed by atoms with E-state index in [1.165, 1.54) is 5.56 Å². The van der Waals surface area contributed by atoms with E-state index in [4.69, 9.17) is 0 Å². The van der Waals surface area contributed by atoms with Crippen LogP contribution in [0.4, 0.5) is 5.69 Å². The van der Waals surface area contributed by atoms with Gasteiger partial charge in [-0.25, -0.2) is 0 Å². The van der Waals surface area contributed by atoms with Gasteiger partial charge in [-0.1, -0.05) is 32.0 Å². The number of para-hydroxylation sites is 1. The Morgan fingerprint density at radius 3 is 2.89 bits per heavy atom. The topological polar surface area (TPSA) is 32.3 Å². The number of hydrogen-bond donors (Lipinski definition) is 1. The number of carbonyl (C=O) groups is 1. The molecule has 0 radical (unpaired) electrons. The second-order valence-electron chi connectivity index (χ2n) is 5.79. The fourth-order valence-electron chi connectivity index (χ4n) is 2.65. The van der Waals surface area contributed by atoms with E-state index in [2.05, 4.69) is 38.2 Å². The van der Waals surface area contributed by atoms with Crippen molar-refractivity contribution >= 4 is 11.6 Å². The average Bonchev–Trinajstić information content (AvgIpc) is 2.70. The fraction of sp³-hybridized carbons (Fsp3) is 0.562. The lowest BCUT2D eigenvalue weighted by Gasteiger charge is -2.23. The lowest BCUT2D eigenvalue weighted by molar-refractivity contribution is -0.118. The van der Waals surface area contributed by atoms with Gasteiger partial charge in [0.2, 0.25) is 5.91 Å². The summed E-state index contributed by atoms with van der Waals surface area (Å²) in [4.78, 5) is 14.3. The van der Waals surface area contributed by atoms with Crippen LogP contribution in [-0.4, -0.2) is 25.0 Å². The maximum absolute atomic E-state index is 12.3. The third-order valence-electron chi connectivity index (χ3n) is 3.54. The molecule has 0 aromatic heterocycles. The maximum atomic E-state index is 12.3. The molecule has 1 aromatic rings. The number of hydrogen-bond acceptors (Lipinski definition) is 2. The summed E-state index contributed by atoms with van der Waals surface area (Å²) >= 11 is 0. The van der Waals surface area contributed by atoms with Crippen molar-refractivity contribution in [3.8, 4) is 0 Å². The number of nitrogens with zero attached hydrogens (tertiary/aromatic N) is 1. The van der Waals surface area contributed by atoms with Crippen molar-refractivity contribution in [1.82, 2.24) is 5.32 Å². The van der Waals surface area contributed by atoms with E-state index >= 15 is 0 Å². The Bertz CT molecular complexity index is 442. The minimum absolute atomic E-state index is 0.230. The molecule has 1 heterocycles. The van der Waals surface area contributed by atoms with Crippen molar-refractivity contribution < 1.29 is 4.79 Å². The van der Waals surface area contributed by atoms with E-state index in [0.717, 1.165) is 25.2 Å². The molecule has 3 heteroatoms. The lowest BCUT2D eigenvalue weighted by Crippen LogP contribution is -2.37. The maximum Gasteiger partial charge on any atom is 0.228 e. The summed E-state index contributed by atoms with van der Waals surface area (Å²) < 4.78 is 0. The van der Waals surface area contributed by atoms with Crippen LogP contribution in [-0.2, 0) is 11.2 Å². The van der Waals surface area contributed by atoms with Crippen LogP contribution >= 0.6 is 0 Å². The van der Waals surface area contributed by atoms with Crippen molar-refractivity contribution in [1.29, 1.82) is 0 Å². The summed E-state index contributed by atoms with van der Waals surface area (Å²) in [6, 6.07) is 8.52. The van der Waals surface area contributed by atoms with Gasteiger partial charge in [-0.05, 0) is 37.4 Å². The molecule has 1 aliphatic heterocycles. The Balaban J connectivity index is 1.92. The number of rotatable bonds is 5. The zero-order valence-corrected chi connectivity index (χ0v) is 12.1. The first kappa shape index (κ1) is 14.1. The number of fused-ring (bicyclic) bond motifs is 1. The van der Waals surface area contributed by atoms with E-state index in [9.17, 15) is 4.79 Å². The molecule has 0 saturated carbocycles. The second-order valence-corrected chi connectivity index (χ2v) is 5.79. The van der Waals surface area contributed by atoms with Gasteiger partial charge in [-0.2, -0.15) is 0 Å².